The van der Waals surface area contributed by atoms with E-state index in [0.29, 0.717) is 43.0 Å². The molecule has 0 amide bonds. The van der Waals surface area contributed by atoms with Gasteiger partial charge in [-0.2, -0.15) is 0 Å². The number of benzene rings is 3. The van der Waals surface area contributed by atoms with E-state index >= 15 is 0 Å². The SMILES string of the molecule is CCOC(=O)C1=C(C)N=c2s/c(=C\c3ccccc3OCc3cccc(Cl)c3)c(=O)n2[C@H]1c1ccc(Cl)cc1. The van der Waals surface area contributed by atoms with Crippen molar-refractivity contribution >= 4 is 46.6 Å². The molecule has 0 saturated heterocycles. The molecule has 3 aromatic carbocycles. The highest BCUT2D eigenvalue weighted by molar-refractivity contribution is 7.07. The molecule has 1 atom stereocenters. The van der Waals surface area contributed by atoms with E-state index in [2.05, 4.69) is 4.99 Å². The van der Waals surface area contributed by atoms with Crippen LogP contribution in [-0.4, -0.2) is 17.1 Å². The number of fused-ring (bicyclic) bond motifs is 1. The first-order valence-corrected chi connectivity index (χ1v) is 13.8. The zero-order valence-corrected chi connectivity index (χ0v) is 23.5. The lowest BCUT2D eigenvalue weighted by atomic mass is 9.96. The van der Waals surface area contributed by atoms with Gasteiger partial charge >= 0.3 is 5.97 Å². The molecule has 9 heteroatoms. The molecule has 4 aromatic rings. The maximum atomic E-state index is 13.9. The van der Waals surface area contributed by atoms with Gasteiger partial charge in [0, 0.05) is 15.6 Å². The van der Waals surface area contributed by atoms with Gasteiger partial charge in [-0.15, -0.1) is 0 Å². The minimum Gasteiger partial charge on any atom is -0.488 e. The number of esters is 1. The molecule has 2 heterocycles. The number of nitrogens with zero attached hydrogens (tertiary/aromatic N) is 2. The Hall–Kier alpha value is -3.65. The first-order chi connectivity index (χ1) is 18.9. The maximum Gasteiger partial charge on any atom is 0.338 e. The van der Waals surface area contributed by atoms with Crippen molar-refractivity contribution in [2.24, 2.45) is 4.99 Å². The largest absolute Gasteiger partial charge is 0.488 e. The molecule has 0 aliphatic carbocycles. The number of ether oxygens (including phenoxy) is 2. The monoisotopic (exact) mass is 578 g/mol. The van der Waals surface area contributed by atoms with Crippen LogP contribution in [0.3, 0.4) is 0 Å². The Kier molecular flexibility index (Phi) is 8.02. The van der Waals surface area contributed by atoms with E-state index in [1.165, 1.54) is 11.3 Å². The van der Waals surface area contributed by atoms with Crippen LogP contribution in [0.5, 0.6) is 5.75 Å². The summed E-state index contributed by atoms with van der Waals surface area (Å²) >= 11 is 13.5. The lowest BCUT2D eigenvalue weighted by molar-refractivity contribution is -0.139. The van der Waals surface area contributed by atoms with Crippen molar-refractivity contribution in [3.05, 3.63) is 130 Å². The molecule has 0 spiro atoms. The fraction of sp³-hybridized carbons (Fsp3) is 0.167. The summed E-state index contributed by atoms with van der Waals surface area (Å²) in [5.74, 6) is 0.119. The number of aromatic nitrogens is 1. The highest BCUT2D eigenvalue weighted by Crippen LogP contribution is 2.31. The molecule has 39 heavy (non-hydrogen) atoms. The van der Waals surface area contributed by atoms with Gasteiger partial charge in [0.2, 0.25) is 0 Å². The second-order valence-electron chi connectivity index (χ2n) is 8.81. The molecular weight excluding hydrogens is 555 g/mol. The van der Waals surface area contributed by atoms with Gasteiger partial charge in [-0.1, -0.05) is 77.0 Å². The van der Waals surface area contributed by atoms with Gasteiger partial charge in [0.1, 0.15) is 12.4 Å². The summed E-state index contributed by atoms with van der Waals surface area (Å²) in [5.41, 5.74) is 2.97. The predicted octanol–water partition coefficient (Wildman–Crippen LogP) is 5.68. The van der Waals surface area contributed by atoms with Gasteiger partial charge in [0.05, 0.1) is 28.5 Å². The van der Waals surface area contributed by atoms with Crippen molar-refractivity contribution in [3.63, 3.8) is 0 Å². The first-order valence-electron chi connectivity index (χ1n) is 12.3. The van der Waals surface area contributed by atoms with Crippen LogP contribution in [0, 0.1) is 0 Å². The normalized spacial score (nSPS) is 15.1. The summed E-state index contributed by atoms with van der Waals surface area (Å²) < 4.78 is 13.4. The molecular formula is C30H24Cl2N2O4S. The molecule has 0 bridgehead atoms. The fourth-order valence-corrected chi connectivity index (χ4v) is 5.79. The highest BCUT2D eigenvalue weighted by Gasteiger charge is 2.33. The third kappa shape index (κ3) is 5.71. The third-order valence-corrected chi connectivity index (χ3v) is 7.66. The lowest BCUT2D eigenvalue weighted by Crippen LogP contribution is -2.39. The molecule has 0 saturated carbocycles. The quantitative estimate of drug-likeness (QED) is 0.264. The standard InChI is InChI=1S/C30H24Cl2N2O4S/c1-3-37-29(36)26-18(2)33-30-34(27(26)20-11-13-22(31)14-12-20)28(35)25(39-30)16-21-8-4-5-10-24(21)38-17-19-7-6-9-23(32)15-19/h4-16,27H,3,17H2,1-2H3/b25-16-/t27-/m0/s1. The third-order valence-electron chi connectivity index (χ3n) is 6.19. The molecule has 0 fully saturated rings. The number of hydrogen-bond acceptors (Lipinski definition) is 6. The minimum atomic E-state index is -0.700. The number of rotatable bonds is 7. The molecule has 0 N–H and O–H groups in total. The van der Waals surface area contributed by atoms with Crippen molar-refractivity contribution in [1.82, 2.24) is 4.57 Å². The van der Waals surface area contributed by atoms with Crippen molar-refractivity contribution < 1.29 is 14.3 Å². The lowest BCUT2D eigenvalue weighted by Gasteiger charge is -2.24. The minimum absolute atomic E-state index is 0.208. The Labute approximate surface area is 239 Å². The van der Waals surface area contributed by atoms with E-state index in [0.717, 1.165) is 16.7 Å². The van der Waals surface area contributed by atoms with Crippen molar-refractivity contribution in [1.29, 1.82) is 0 Å². The second kappa shape index (κ2) is 11.6. The molecule has 1 aliphatic rings. The van der Waals surface area contributed by atoms with Crippen molar-refractivity contribution in [3.8, 4) is 5.75 Å². The number of thiazole rings is 1. The Bertz CT molecular complexity index is 1760. The Morgan fingerprint density at radius 1 is 1.05 bits per heavy atom. The first kappa shape index (κ1) is 26.9. The topological polar surface area (TPSA) is 69.9 Å². The van der Waals surface area contributed by atoms with Crippen LogP contribution in [0.1, 0.15) is 36.6 Å². The molecule has 0 unspecified atom stereocenters. The molecule has 1 aliphatic heterocycles. The van der Waals surface area contributed by atoms with Crippen molar-refractivity contribution in [2.45, 2.75) is 26.5 Å². The number of allylic oxidation sites excluding steroid dienone is 1. The van der Waals surface area contributed by atoms with Crippen LogP contribution in [0.15, 0.2) is 93.9 Å². The smallest absolute Gasteiger partial charge is 0.338 e. The number of halogens is 2. The van der Waals surface area contributed by atoms with E-state index in [-0.39, 0.29) is 12.2 Å². The molecule has 0 radical (unpaired) electrons. The van der Waals surface area contributed by atoms with Crippen LogP contribution < -0.4 is 19.6 Å². The van der Waals surface area contributed by atoms with Crippen LogP contribution in [0.2, 0.25) is 10.0 Å². The molecule has 198 valence electrons. The van der Waals surface area contributed by atoms with Gasteiger partial charge < -0.3 is 9.47 Å². The molecule has 6 nitrogen and oxygen atoms in total. The van der Waals surface area contributed by atoms with E-state index in [4.69, 9.17) is 32.7 Å². The summed E-state index contributed by atoms with van der Waals surface area (Å²) in [7, 11) is 0. The van der Waals surface area contributed by atoms with Gasteiger partial charge in [-0.25, -0.2) is 9.79 Å². The Morgan fingerprint density at radius 3 is 2.56 bits per heavy atom. The average Bonchev–Trinajstić information content (AvgIpc) is 3.22. The summed E-state index contributed by atoms with van der Waals surface area (Å²) in [6.45, 7) is 4.03. The Morgan fingerprint density at radius 2 is 1.82 bits per heavy atom. The van der Waals surface area contributed by atoms with E-state index < -0.39 is 12.0 Å². The van der Waals surface area contributed by atoms with Crippen molar-refractivity contribution in [2.75, 3.05) is 6.61 Å². The number of carbonyl (C=O) groups excluding carboxylic acids is 1. The van der Waals surface area contributed by atoms with Crippen LogP contribution in [-0.2, 0) is 16.1 Å². The van der Waals surface area contributed by atoms with E-state index in [1.807, 2.05) is 48.5 Å². The van der Waals surface area contributed by atoms with Crippen LogP contribution >= 0.6 is 34.5 Å². The predicted molar refractivity (Wildman–Crippen MR) is 154 cm³/mol. The zero-order valence-electron chi connectivity index (χ0n) is 21.2. The Balaban J connectivity index is 1.59. The van der Waals surface area contributed by atoms with Crippen LogP contribution in [0.4, 0.5) is 0 Å². The van der Waals surface area contributed by atoms with Gasteiger partial charge in [-0.05, 0) is 61.4 Å². The van der Waals surface area contributed by atoms with Gasteiger partial charge in [0.15, 0.2) is 4.80 Å². The molecule has 5 rings (SSSR count). The second-order valence-corrected chi connectivity index (χ2v) is 10.7. The summed E-state index contributed by atoms with van der Waals surface area (Å²) in [6.07, 6.45) is 1.79. The maximum absolute atomic E-state index is 13.9. The van der Waals surface area contributed by atoms with Crippen LogP contribution in [0.25, 0.3) is 6.08 Å². The number of hydrogen-bond donors (Lipinski definition) is 0. The van der Waals surface area contributed by atoms with Gasteiger partial charge in [-0.3, -0.25) is 9.36 Å². The molecule has 1 aromatic heterocycles. The van der Waals surface area contributed by atoms with E-state index in [1.54, 1.807) is 48.8 Å². The summed E-state index contributed by atoms with van der Waals surface area (Å²) in [4.78, 5) is 32.0. The highest BCUT2D eigenvalue weighted by atomic mass is 35.5. The van der Waals surface area contributed by atoms with Gasteiger partial charge in [0.25, 0.3) is 5.56 Å². The fourth-order valence-electron chi connectivity index (χ4n) is 4.41. The number of para-hydroxylation sites is 1. The zero-order chi connectivity index (χ0) is 27.5. The summed E-state index contributed by atoms with van der Waals surface area (Å²) in [5, 5.41) is 1.19. The summed E-state index contributed by atoms with van der Waals surface area (Å²) in [6, 6.07) is 21.4. The number of carbonyl (C=O) groups is 1. The van der Waals surface area contributed by atoms with E-state index in [9.17, 15) is 9.59 Å². The average molecular weight is 580 g/mol.